The second-order valence-corrected chi connectivity index (χ2v) is 10.3. The van der Waals surface area contributed by atoms with Gasteiger partial charge in [0.15, 0.2) is 10.1 Å². The number of allylic oxidation sites excluding steroid dienone is 1. The van der Waals surface area contributed by atoms with Gasteiger partial charge in [0.05, 0.1) is 6.61 Å². The van der Waals surface area contributed by atoms with E-state index in [9.17, 15) is 9.59 Å². The van der Waals surface area contributed by atoms with Crippen LogP contribution >= 0.6 is 34.8 Å². The predicted molar refractivity (Wildman–Crippen MR) is 151 cm³/mol. The summed E-state index contributed by atoms with van der Waals surface area (Å²) in [6, 6.07) is 25.4. The first kappa shape index (κ1) is 26.7. The Morgan fingerprint density at radius 2 is 1.41 bits per heavy atom. The monoisotopic (exact) mass is 551 g/mol. The number of alkyl halides is 3. The Bertz CT molecular complexity index is 1450. The molecule has 0 bridgehead atoms. The summed E-state index contributed by atoms with van der Waals surface area (Å²) in [5.74, 6) is -0.431. The third-order valence-corrected chi connectivity index (χ3v) is 5.95. The van der Waals surface area contributed by atoms with E-state index in [0.29, 0.717) is 16.8 Å². The minimum absolute atomic E-state index is 0.0134. The summed E-state index contributed by atoms with van der Waals surface area (Å²) in [7, 11) is 0. The Morgan fingerprint density at radius 1 is 0.811 bits per heavy atom. The highest BCUT2D eigenvalue weighted by Crippen LogP contribution is 2.45. The van der Waals surface area contributed by atoms with Crippen molar-refractivity contribution in [1.82, 2.24) is 4.98 Å². The minimum Gasteiger partial charge on any atom is -0.461 e. The smallest absolute Gasteiger partial charge is 0.355 e. The maximum Gasteiger partial charge on any atom is 0.355 e. The van der Waals surface area contributed by atoms with Crippen LogP contribution in [-0.4, -0.2) is 27.6 Å². The number of carbonyl (C=O) groups is 2. The van der Waals surface area contributed by atoms with Crippen molar-refractivity contribution in [2.75, 3.05) is 6.61 Å². The lowest BCUT2D eigenvalue weighted by Gasteiger charge is -2.12. The number of carbonyl (C=O) groups excluding carboxylic acids is 2. The van der Waals surface area contributed by atoms with Crippen LogP contribution in [0.1, 0.15) is 50.0 Å². The van der Waals surface area contributed by atoms with Gasteiger partial charge in [-0.2, -0.15) is 0 Å². The summed E-state index contributed by atoms with van der Waals surface area (Å²) in [5, 5.41) is 0. The minimum atomic E-state index is -0.750. The average molecular weight is 553 g/mol. The number of H-pyrrole nitrogens is 1. The Balaban J connectivity index is 0.000000747. The first-order valence-electron chi connectivity index (χ1n) is 11.6. The van der Waals surface area contributed by atoms with Crippen LogP contribution in [0.25, 0.3) is 22.3 Å². The molecule has 3 aromatic carbocycles. The number of hydrogen-bond acceptors (Lipinski definition) is 3. The van der Waals surface area contributed by atoms with E-state index >= 15 is 0 Å². The van der Waals surface area contributed by atoms with Gasteiger partial charge >= 0.3 is 5.97 Å². The highest BCUT2D eigenvalue weighted by Gasteiger charge is 2.34. The van der Waals surface area contributed by atoms with Gasteiger partial charge < -0.3 is 9.72 Å². The summed E-state index contributed by atoms with van der Waals surface area (Å²) < 4.78 is 4.59. The molecule has 1 aromatic heterocycles. The van der Waals surface area contributed by atoms with Crippen LogP contribution < -0.4 is 0 Å². The fourth-order valence-electron chi connectivity index (χ4n) is 4.45. The highest BCUT2D eigenvalue weighted by molar-refractivity contribution is 6.63. The number of aromatic amines is 1. The Labute approximate surface area is 230 Å². The standard InChI is InChI=1S/C29H23NO3.CHCl3/c1-3-33-29(32)27-24(20-15-13-18(2)14-16-20)23(17-30-27)26-21-11-7-8-12-22(21)28(31)25(26)19-9-5-4-6-10-19;2-1(3)4/h4-17,30H,3H2,1-2H3;1H. The number of nitrogens with one attached hydrogen (secondary N) is 1. The number of Topliss-reactive ketones (excluding diaryl/α,β-unsaturated/α-hetero) is 1. The fourth-order valence-corrected chi connectivity index (χ4v) is 4.45. The van der Waals surface area contributed by atoms with Crippen molar-refractivity contribution in [3.63, 3.8) is 0 Å². The van der Waals surface area contributed by atoms with Gasteiger partial charge in [0, 0.05) is 34.0 Å². The largest absolute Gasteiger partial charge is 0.461 e. The van der Waals surface area contributed by atoms with E-state index in [0.717, 1.165) is 39.0 Å². The molecule has 0 aliphatic heterocycles. The third-order valence-electron chi connectivity index (χ3n) is 5.95. The zero-order chi connectivity index (χ0) is 26.5. The zero-order valence-corrected chi connectivity index (χ0v) is 22.5. The molecule has 0 saturated heterocycles. The number of benzene rings is 3. The first-order chi connectivity index (χ1) is 17.8. The van der Waals surface area contributed by atoms with Gasteiger partial charge in [-0.15, -0.1) is 0 Å². The van der Waals surface area contributed by atoms with Crippen molar-refractivity contribution >= 4 is 57.7 Å². The van der Waals surface area contributed by atoms with Crippen molar-refractivity contribution < 1.29 is 14.3 Å². The summed E-state index contributed by atoms with van der Waals surface area (Å²) >= 11 is 14.4. The zero-order valence-electron chi connectivity index (χ0n) is 20.2. The lowest BCUT2D eigenvalue weighted by molar-refractivity contribution is 0.0521. The van der Waals surface area contributed by atoms with E-state index < -0.39 is 10.3 Å². The number of ether oxygens (including phenoxy) is 1. The van der Waals surface area contributed by atoms with E-state index in [1.165, 1.54) is 0 Å². The second-order valence-electron chi connectivity index (χ2n) is 8.28. The van der Waals surface area contributed by atoms with Crippen LogP contribution in [0.15, 0.2) is 85.1 Å². The van der Waals surface area contributed by atoms with E-state index in [-0.39, 0.29) is 12.4 Å². The van der Waals surface area contributed by atoms with Crippen LogP contribution in [0.5, 0.6) is 0 Å². The number of halogens is 3. The maximum atomic E-state index is 13.6. The number of aryl methyl sites for hydroxylation is 1. The van der Waals surface area contributed by atoms with Crippen molar-refractivity contribution in [3.8, 4) is 11.1 Å². The SMILES string of the molecule is CCOC(=O)c1[nH]cc(C2=C(c3ccccc3)C(=O)c3ccccc32)c1-c1ccc(C)cc1.ClC(Cl)Cl. The van der Waals surface area contributed by atoms with Gasteiger partial charge in [0.25, 0.3) is 0 Å². The molecule has 0 saturated carbocycles. The molecular weight excluding hydrogens is 529 g/mol. The summed E-state index contributed by atoms with van der Waals surface area (Å²) in [6.07, 6.45) is 1.81. The number of rotatable bonds is 5. The molecule has 37 heavy (non-hydrogen) atoms. The molecule has 1 N–H and O–H groups in total. The third kappa shape index (κ3) is 5.67. The topological polar surface area (TPSA) is 59.2 Å². The van der Waals surface area contributed by atoms with Crippen LogP contribution in [0.3, 0.4) is 0 Å². The highest BCUT2D eigenvalue weighted by atomic mass is 35.6. The van der Waals surface area contributed by atoms with Crippen LogP contribution in [0, 0.1) is 6.92 Å². The quantitative estimate of drug-likeness (QED) is 0.200. The van der Waals surface area contributed by atoms with Gasteiger partial charge in [0.1, 0.15) is 5.69 Å². The Kier molecular flexibility index (Phi) is 8.55. The molecule has 7 heteroatoms. The molecule has 5 rings (SSSR count). The summed E-state index contributed by atoms with van der Waals surface area (Å²) in [5.41, 5.74) is 7.78. The van der Waals surface area contributed by atoms with Gasteiger partial charge in [-0.3, -0.25) is 4.79 Å². The van der Waals surface area contributed by atoms with E-state index in [1.807, 2.05) is 92.0 Å². The summed E-state index contributed by atoms with van der Waals surface area (Å²) in [6.45, 7) is 4.09. The number of esters is 1. The van der Waals surface area contributed by atoms with Gasteiger partial charge in [-0.1, -0.05) is 119 Å². The van der Waals surface area contributed by atoms with Crippen LogP contribution in [-0.2, 0) is 4.74 Å². The molecule has 1 aliphatic rings. The average Bonchev–Trinajstić information content (AvgIpc) is 3.44. The molecule has 0 radical (unpaired) electrons. The van der Waals surface area contributed by atoms with Crippen molar-refractivity contribution in [1.29, 1.82) is 0 Å². The Morgan fingerprint density at radius 3 is 2.03 bits per heavy atom. The second kappa shape index (κ2) is 11.8. The fraction of sp³-hybridized carbons (Fsp3) is 0.133. The molecule has 0 fully saturated rings. The molecule has 0 atom stereocenters. The van der Waals surface area contributed by atoms with Crippen LogP contribution in [0.4, 0.5) is 0 Å². The Hall–Kier alpha value is -3.31. The molecule has 188 valence electrons. The molecule has 4 nitrogen and oxygen atoms in total. The van der Waals surface area contributed by atoms with Gasteiger partial charge in [-0.25, -0.2) is 4.79 Å². The van der Waals surface area contributed by atoms with Crippen molar-refractivity contribution in [2.24, 2.45) is 0 Å². The number of fused-ring (bicyclic) bond motifs is 1. The molecule has 0 amide bonds. The first-order valence-corrected chi connectivity index (χ1v) is 13.0. The lowest BCUT2D eigenvalue weighted by Crippen LogP contribution is -2.07. The molecular formula is C30H24Cl3NO3. The normalized spacial score (nSPS) is 12.3. The van der Waals surface area contributed by atoms with Crippen LogP contribution in [0.2, 0.25) is 0 Å². The predicted octanol–water partition coefficient (Wildman–Crippen LogP) is 8.31. The molecule has 0 spiro atoms. The van der Waals surface area contributed by atoms with Gasteiger partial charge in [0.2, 0.25) is 0 Å². The number of hydrogen-bond donors (Lipinski definition) is 1. The molecule has 0 unspecified atom stereocenters. The number of aromatic nitrogens is 1. The summed E-state index contributed by atoms with van der Waals surface area (Å²) in [4.78, 5) is 29.6. The lowest BCUT2D eigenvalue weighted by atomic mass is 9.90. The van der Waals surface area contributed by atoms with E-state index in [4.69, 9.17) is 39.5 Å². The van der Waals surface area contributed by atoms with Crippen molar-refractivity contribution in [3.05, 3.63) is 119 Å². The number of ketones is 1. The molecule has 1 heterocycles. The molecule has 1 aliphatic carbocycles. The maximum absolute atomic E-state index is 13.6. The van der Waals surface area contributed by atoms with E-state index in [2.05, 4.69) is 4.98 Å². The molecule has 4 aromatic rings. The van der Waals surface area contributed by atoms with E-state index in [1.54, 1.807) is 6.92 Å². The van der Waals surface area contributed by atoms with Crippen molar-refractivity contribution in [2.45, 2.75) is 18.1 Å². The van der Waals surface area contributed by atoms with Gasteiger partial charge in [-0.05, 0) is 30.5 Å².